The van der Waals surface area contributed by atoms with Crippen molar-refractivity contribution in [2.24, 2.45) is 5.92 Å². The molecule has 0 bridgehead atoms. The van der Waals surface area contributed by atoms with E-state index in [1.807, 2.05) is 11.8 Å². The van der Waals surface area contributed by atoms with Gasteiger partial charge in [0, 0.05) is 13.1 Å². The molecule has 0 radical (unpaired) electrons. The van der Waals surface area contributed by atoms with Gasteiger partial charge in [-0.15, -0.1) is 0 Å². The predicted molar refractivity (Wildman–Crippen MR) is 84.5 cm³/mol. The Hall–Kier alpha value is -1.67. The minimum absolute atomic E-state index is 0.103. The van der Waals surface area contributed by atoms with Crippen LogP contribution in [0.4, 0.5) is 10.1 Å². The third kappa shape index (κ3) is 3.48. The number of hydrogen-bond donors (Lipinski definition) is 1. The van der Waals surface area contributed by atoms with Gasteiger partial charge in [-0.2, -0.15) is 8.42 Å². The first kappa shape index (κ1) is 16.2. The van der Waals surface area contributed by atoms with Crippen molar-refractivity contribution in [1.82, 2.24) is 9.62 Å². The molecule has 8 heteroatoms. The Morgan fingerprint density at radius 1 is 1.39 bits per heavy atom. The fraction of sp³-hybridized carbons (Fsp3) is 0.533. The van der Waals surface area contributed by atoms with Crippen LogP contribution >= 0.6 is 0 Å². The Labute approximate surface area is 135 Å². The van der Waals surface area contributed by atoms with Crippen LogP contribution in [0.1, 0.15) is 24.8 Å². The molecule has 1 aliphatic heterocycles. The third-order valence-corrected chi connectivity index (χ3v) is 5.74. The predicted octanol–water partition coefficient (Wildman–Crippen LogP) is 1.24. The molecule has 2 aliphatic rings. The molecule has 1 N–H and O–H groups in total. The van der Waals surface area contributed by atoms with E-state index in [0.717, 1.165) is 22.3 Å². The van der Waals surface area contributed by atoms with Gasteiger partial charge in [0.2, 0.25) is 0 Å². The molecule has 126 valence electrons. The first-order chi connectivity index (χ1) is 10.8. The molecular weight excluding hydrogens is 321 g/mol. The molecule has 0 spiro atoms. The molecule has 1 aromatic carbocycles. The second-order valence-corrected chi connectivity index (χ2v) is 7.91. The molecule has 1 amide bonds. The molecular formula is C15H20FN3O3S. The molecule has 0 unspecified atom stereocenters. The Morgan fingerprint density at radius 2 is 2.13 bits per heavy atom. The SMILES string of the molecule is CN(Cc1ccc(N2CC(=O)NS2(=O)=O)c(F)c1)CC1CCC1. The van der Waals surface area contributed by atoms with Crippen LogP contribution in [0.5, 0.6) is 0 Å². The van der Waals surface area contributed by atoms with Gasteiger partial charge in [-0.05, 0) is 43.5 Å². The lowest BCUT2D eigenvalue weighted by Crippen LogP contribution is -2.30. The summed E-state index contributed by atoms with van der Waals surface area (Å²) in [6.45, 7) is 1.21. The maximum absolute atomic E-state index is 14.3. The highest BCUT2D eigenvalue weighted by molar-refractivity contribution is 7.92. The topological polar surface area (TPSA) is 69.7 Å². The van der Waals surface area contributed by atoms with Crippen molar-refractivity contribution in [1.29, 1.82) is 0 Å². The summed E-state index contributed by atoms with van der Waals surface area (Å²) in [5.41, 5.74) is 0.678. The van der Waals surface area contributed by atoms with Crippen molar-refractivity contribution >= 4 is 21.8 Å². The summed E-state index contributed by atoms with van der Waals surface area (Å²) in [6, 6.07) is 4.46. The molecule has 0 aromatic heterocycles. The highest BCUT2D eigenvalue weighted by Crippen LogP contribution is 2.28. The molecule has 1 saturated heterocycles. The Balaban J connectivity index is 1.71. The monoisotopic (exact) mass is 341 g/mol. The lowest BCUT2D eigenvalue weighted by molar-refractivity contribution is -0.117. The van der Waals surface area contributed by atoms with E-state index < -0.39 is 21.9 Å². The number of halogens is 1. The van der Waals surface area contributed by atoms with Gasteiger partial charge in [0.25, 0.3) is 5.91 Å². The number of nitrogens with one attached hydrogen (secondary N) is 1. The Kier molecular flexibility index (Phi) is 4.29. The lowest BCUT2D eigenvalue weighted by Gasteiger charge is -2.30. The smallest absolute Gasteiger partial charge is 0.302 e. The molecule has 23 heavy (non-hydrogen) atoms. The van der Waals surface area contributed by atoms with Gasteiger partial charge in [0.15, 0.2) is 0 Å². The van der Waals surface area contributed by atoms with Gasteiger partial charge in [-0.3, -0.25) is 4.79 Å². The first-order valence-corrected chi connectivity index (χ1v) is 9.09. The van der Waals surface area contributed by atoms with E-state index in [1.165, 1.54) is 31.4 Å². The van der Waals surface area contributed by atoms with E-state index in [0.29, 0.717) is 6.54 Å². The van der Waals surface area contributed by atoms with Gasteiger partial charge < -0.3 is 4.90 Å². The van der Waals surface area contributed by atoms with E-state index in [1.54, 1.807) is 6.07 Å². The van der Waals surface area contributed by atoms with E-state index >= 15 is 0 Å². The van der Waals surface area contributed by atoms with Crippen LogP contribution in [-0.2, 0) is 21.5 Å². The number of rotatable bonds is 5. The maximum atomic E-state index is 14.3. The van der Waals surface area contributed by atoms with Gasteiger partial charge in [-0.25, -0.2) is 13.4 Å². The van der Waals surface area contributed by atoms with Crippen LogP contribution in [0.3, 0.4) is 0 Å². The van der Waals surface area contributed by atoms with Crippen LogP contribution < -0.4 is 9.03 Å². The molecule has 6 nitrogen and oxygen atoms in total. The highest BCUT2D eigenvalue weighted by atomic mass is 32.2. The van der Waals surface area contributed by atoms with Crippen molar-refractivity contribution in [2.75, 3.05) is 24.4 Å². The fourth-order valence-electron chi connectivity index (χ4n) is 3.00. The maximum Gasteiger partial charge on any atom is 0.326 e. The van der Waals surface area contributed by atoms with E-state index in [-0.39, 0.29) is 12.2 Å². The Morgan fingerprint density at radius 3 is 2.65 bits per heavy atom. The second-order valence-electron chi connectivity index (χ2n) is 6.32. The van der Waals surface area contributed by atoms with Crippen molar-refractivity contribution in [3.05, 3.63) is 29.6 Å². The minimum Gasteiger partial charge on any atom is -0.302 e. The van der Waals surface area contributed by atoms with Gasteiger partial charge in [0.05, 0.1) is 5.69 Å². The number of carbonyl (C=O) groups excluding carboxylic acids is 1. The summed E-state index contributed by atoms with van der Waals surface area (Å²) in [4.78, 5) is 13.4. The van der Waals surface area contributed by atoms with Gasteiger partial charge >= 0.3 is 10.2 Å². The van der Waals surface area contributed by atoms with Crippen LogP contribution in [-0.4, -0.2) is 39.4 Å². The summed E-state index contributed by atoms with van der Waals surface area (Å²) in [5.74, 6) is -0.565. The van der Waals surface area contributed by atoms with Crippen molar-refractivity contribution in [3.63, 3.8) is 0 Å². The molecule has 1 aromatic rings. The van der Waals surface area contributed by atoms with E-state index in [4.69, 9.17) is 0 Å². The van der Waals surface area contributed by atoms with E-state index in [9.17, 15) is 17.6 Å². The van der Waals surface area contributed by atoms with Gasteiger partial charge in [-0.1, -0.05) is 12.5 Å². The number of benzene rings is 1. The summed E-state index contributed by atoms with van der Waals surface area (Å²) >= 11 is 0. The van der Waals surface area contributed by atoms with Crippen LogP contribution in [0.15, 0.2) is 18.2 Å². The van der Waals surface area contributed by atoms with Crippen molar-refractivity contribution in [3.8, 4) is 0 Å². The molecule has 1 heterocycles. The summed E-state index contributed by atoms with van der Waals surface area (Å²) in [5, 5.41) is 0. The quantitative estimate of drug-likeness (QED) is 0.875. The summed E-state index contributed by atoms with van der Waals surface area (Å²) in [6.07, 6.45) is 3.80. The molecule has 2 fully saturated rings. The third-order valence-electron chi connectivity index (χ3n) is 4.35. The second kappa shape index (κ2) is 6.09. The number of carbonyl (C=O) groups is 1. The van der Waals surface area contributed by atoms with Crippen molar-refractivity contribution < 1.29 is 17.6 Å². The van der Waals surface area contributed by atoms with Gasteiger partial charge in [0.1, 0.15) is 12.4 Å². The first-order valence-electron chi connectivity index (χ1n) is 7.65. The fourth-order valence-corrected chi connectivity index (χ4v) is 4.16. The number of nitrogens with zero attached hydrogens (tertiary/aromatic N) is 2. The van der Waals surface area contributed by atoms with Crippen LogP contribution in [0, 0.1) is 11.7 Å². The number of anilines is 1. The summed E-state index contributed by atoms with van der Waals surface area (Å²) < 4.78 is 40.4. The minimum atomic E-state index is -3.98. The zero-order chi connectivity index (χ0) is 16.6. The number of hydrogen-bond acceptors (Lipinski definition) is 4. The molecule has 1 aliphatic carbocycles. The van der Waals surface area contributed by atoms with Crippen LogP contribution in [0.2, 0.25) is 0 Å². The van der Waals surface area contributed by atoms with E-state index in [2.05, 4.69) is 4.90 Å². The highest BCUT2D eigenvalue weighted by Gasteiger charge is 2.35. The lowest BCUT2D eigenvalue weighted by atomic mass is 9.85. The average Bonchev–Trinajstić information content (AvgIpc) is 2.67. The molecule has 0 atom stereocenters. The average molecular weight is 341 g/mol. The van der Waals surface area contributed by atoms with Crippen LogP contribution in [0.25, 0.3) is 0 Å². The molecule has 1 saturated carbocycles. The number of amides is 1. The zero-order valence-electron chi connectivity index (χ0n) is 13.0. The van der Waals surface area contributed by atoms with Crippen molar-refractivity contribution in [2.45, 2.75) is 25.8 Å². The Bertz CT molecular complexity index is 719. The normalized spacial score (nSPS) is 20.7. The molecule has 3 rings (SSSR count). The zero-order valence-corrected chi connectivity index (χ0v) is 13.8. The standard InChI is InChI=1S/C15H20FN3O3S/c1-18(8-11-3-2-4-11)9-12-5-6-14(13(16)7-12)19-10-15(20)17-23(19,21)22/h5-7,11H,2-4,8-10H2,1H3,(H,17,20). The largest absolute Gasteiger partial charge is 0.326 e. The summed E-state index contributed by atoms with van der Waals surface area (Å²) in [7, 11) is -1.98.